The van der Waals surface area contributed by atoms with E-state index in [0.717, 1.165) is 0 Å². The molecule has 0 radical (unpaired) electrons. The number of sulfonamides is 1. The van der Waals surface area contributed by atoms with E-state index in [4.69, 9.17) is 0 Å². The molecule has 0 aliphatic heterocycles. The molecule has 2 rings (SSSR count). The largest absolute Gasteiger partial charge is 0.383 e. The molecule has 9 nitrogen and oxygen atoms in total. The zero-order valence-electron chi connectivity index (χ0n) is 17.4. The fourth-order valence-corrected chi connectivity index (χ4v) is 4.50. The fraction of sp³-hybridized carbons (Fsp3) is 0.350. The van der Waals surface area contributed by atoms with E-state index in [-0.39, 0.29) is 16.1 Å². The Balaban J connectivity index is 2.18. The van der Waals surface area contributed by atoms with E-state index in [2.05, 4.69) is 10.6 Å². The molecule has 0 aromatic heterocycles. The van der Waals surface area contributed by atoms with Crippen LogP contribution in [0.4, 0.5) is 11.4 Å². The van der Waals surface area contributed by atoms with E-state index in [9.17, 15) is 23.3 Å². The van der Waals surface area contributed by atoms with Crippen molar-refractivity contribution < 1.29 is 18.1 Å². The van der Waals surface area contributed by atoms with Crippen LogP contribution in [0.3, 0.4) is 0 Å². The molecule has 10 heteroatoms. The van der Waals surface area contributed by atoms with Gasteiger partial charge < -0.3 is 10.6 Å². The summed E-state index contributed by atoms with van der Waals surface area (Å²) in [6.45, 7) is 6.07. The normalized spacial score (nSPS) is 12.4. The highest BCUT2D eigenvalue weighted by Crippen LogP contribution is 2.25. The van der Waals surface area contributed by atoms with Crippen molar-refractivity contribution in [2.75, 3.05) is 25.5 Å². The highest BCUT2D eigenvalue weighted by Gasteiger charge is 2.22. The summed E-state index contributed by atoms with van der Waals surface area (Å²) >= 11 is 0. The number of nitro groups is 1. The summed E-state index contributed by atoms with van der Waals surface area (Å²) in [6, 6.07) is 10.1. The van der Waals surface area contributed by atoms with Crippen LogP contribution >= 0.6 is 0 Å². The monoisotopic (exact) mass is 434 g/mol. The van der Waals surface area contributed by atoms with Crippen molar-refractivity contribution in [2.45, 2.75) is 31.7 Å². The topological polar surface area (TPSA) is 122 Å². The number of rotatable bonds is 9. The van der Waals surface area contributed by atoms with Gasteiger partial charge in [0, 0.05) is 31.8 Å². The van der Waals surface area contributed by atoms with Crippen LogP contribution in [0, 0.1) is 10.1 Å². The first kappa shape index (κ1) is 23.3. The molecule has 1 amide bonds. The van der Waals surface area contributed by atoms with Gasteiger partial charge in [0.15, 0.2) is 0 Å². The van der Waals surface area contributed by atoms with E-state index in [1.165, 1.54) is 34.6 Å². The molecule has 0 fully saturated rings. The van der Waals surface area contributed by atoms with Crippen LogP contribution in [-0.4, -0.2) is 43.7 Å². The van der Waals surface area contributed by atoms with Crippen LogP contribution in [0.2, 0.25) is 0 Å². The van der Waals surface area contributed by atoms with Crippen LogP contribution in [0.25, 0.3) is 0 Å². The maximum Gasteiger partial charge on any atom is 0.293 e. The lowest BCUT2D eigenvalue weighted by Gasteiger charge is -2.19. The molecule has 0 bridgehead atoms. The first-order valence-corrected chi connectivity index (χ1v) is 11.0. The molecule has 0 spiro atoms. The van der Waals surface area contributed by atoms with Gasteiger partial charge in [-0.25, -0.2) is 8.42 Å². The Kier molecular flexibility index (Phi) is 7.52. The van der Waals surface area contributed by atoms with E-state index in [0.29, 0.717) is 24.3 Å². The first-order valence-electron chi connectivity index (χ1n) is 9.52. The minimum atomic E-state index is -3.55. The number of carbonyl (C=O) groups excluding carboxylic acids is 1. The Morgan fingerprint density at radius 2 is 1.73 bits per heavy atom. The number of carbonyl (C=O) groups is 1. The average Bonchev–Trinajstić information content (AvgIpc) is 2.73. The summed E-state index contributed by atoms with van der Waals surface area (Å²) in [4.78, 5) is 23.4. The number of anilines is 1. The molecule has 0 aliphatic rings. The van der Waals surface area contributed by atoms with Crippen LogP contribution < -0.4 is 10.6 Å². The molecule has 0 saturated heterocycles. The quantitative estimate of drug-likeness (QED) is 0.462. The number of nitro benzene ring substituents is 1. The average molecular weight is 435 g/mol. The molecule has 0 saturated carbocycles. The van der Waals surface area contributed by atoms with Crippen molar-refractivity contribution in [3.63, 3.8) is 0 Å². The Labute approximate surface area is 176 Å². The summed E-state index contributed by atoms with van der Waals surface area (Å²) in [5, 5.41) is 16.7. The first-order chi connectivity index (χ1) is 14.1. The highest BCUT2D eigenvalue weighted by molar-refractivity contribution is 7.89. The van der Waals surface area contributed by atoms with Crippen molar-refractivity contribution in [2.24, 2.45) is 0 Å². The van der Waals surface area contributed by atoms with Gasteiger partial charge in [-0.3, -0.25) is 14.9 Å². The molecule has 2 aromatic carbocycles. The molecule has 2 N–H and O–H groups in total. The van der Waals surface area contributed by atoms with Crippen molar-refractivity contribution in [1.29, 1.82) is 0 Å². The second-order valence-corrected chi connectivity index (χ2v) is 8.53. The molecule has 0 unspecified atom stereocenters. The van der Waals surface area contributed by atoms with Crippen LogP contribution in [-0.2, 0) is 10.0 Å². The lowest BCUT2D eigenvalue weighted by molar-refractivity contribution is -0.384. The zero-order chi connectivity index (χ0) is 22.5. The van der Waals surface area contributed by atoms with Crippen LogP contribution in [0.5, 0.6) is 0 Å². The van der Waals surface area contributed by atoms with Crippen molar-refractivity contribution >= 4 is 27.3 Å². The van der Waals surface area contributed by atoms with Crippen molar-refractivity contribution in [1.82, 2.24) is 9.62 Å². The number of benzene rings is 2. The molecule has 30 heavy (non-hydrogen) atoms. The standard InChI is InChI=1S/C20H26N4O5S/c1-5-23(6-2)30(28,29)17-10-7-15(8-11-17)14(3)22-20(25)16-9-12-18(21-4)19(13-16)24(26)27/h7-14,21H,5-6H2,1-4H3,(H,22,25)/t14-/m1/s1. The second-order valence-electron chi connectivity index (χ2n) is 6.59. The Hall–Kier alpha value is -2.98. The summed E-state index contributed by atoms with van der Waals surface area (Å²) < 4.78 is 26.5. The molecular weight excluding hydrogens is 408 g/mol. The number of hydrogen-bond donors (Lipinski definition) is 2. The third-order valence-corrected chi connectivity index (χ3v) is 6.86. The number of nitrogens with zero attached hydrogens (tertiary/aromatic N) is 2. The SMILES string of the molecule is CCN(CC)S(=O)(=O)c1ccc([C@@H](C)NC(=O)c2ccc(NC)c([N+](=O)[O-])c2)cc1. The summed E-state index contributed by atoms with van der Waals surface area (Å²) in [5.74, 6) is -0.465. The summed E-state index contributed by atoms with van der Waals surface area (Å²) in [6.07, 6.45) is 0. The van der Waals surface area contributed by atoms with Crippen LogP contribution in [0.1, 0.15) is 42.7 Å². The second kappa shape index (κ2) is 9.68. The van der Waals surface area contributed by atoms with Crippen molar-refractivity contribution in [3.05, 3.63) is 63.7 Å². The predicted octanol–water partition coefficient (Wildman–Crippen LogP) is 3.16. The van der Waals surface area contributed by atoms with Gasteiger partial charge in [0.25, 0.3) is 11.6 Å². The van der Waals surface area contributed by atoms with E-state index in [1.807, 2.05) is 0 Å². The summed E-state index contributed by atoms with van der Waals surface area (Å²) in [5.41, 5.74) is 0.995. The Bertz CT molecular complexity index is 1020. The van der Waals surface area contributed by atoms with Gasteiger partial charge in [0.2, 0.25) is 10.0 Å². The number of nitrogens with one attached hydrogen (secondary N) is 2. The molecule has 2 aromatic rings. The molecule has 162 valence electrons. The molecular formula is C20H26N4O5S. The molecule has 0 heterocycles. The fourth-order valence-electron chi connectivity index (χ4n) is 3.04. The minimum Gasteiger partial charge on any atom is -0.383 e. The molecule has 0 aliphatic carbocycles. The molecule has 1 atom stereocenters. The third-order valence-electron chi connectivity index (χ3n) is 4.80. The maximum absolute atomic E-state index is 12.6. The number of hydrogen-bond acceptors (Lipinski definition) is 6. The van der Waals surface area contributed by atoms with Crippen LogP contribution in [0.15, 0.2) is 47.4 Å². The predicted molar refractivity (Wildman–Crippen MR) is 115 cm³/mol. The van der Waals surface area contributed by atoms with Gasteiger partial charge in [0.1, 0.15) is 5.69 Å². The zero-order valence-corrected chi connectivity index (χ0v) is 18.2. The van der Waals surface area contributed by atoms with E-state index in [1.54, 1.807) is 40.0 Å². The minimum absolute atomic E-state index is 0.160. The summed E-state index contributed by atoms with van der Waals surface area (Å²) in [7, 11) is -1.99. The lowest BCUT2D eigenvalue weighted by Crippen LogP contribution is -2.30. The highest BCUT2D eigenvalue weighted by atomic mass is 32.2. The number of amides is 1. The van der Waals surface area contributed by atoms with E-state index < -0.39 is 26.9 Å². The third kappa shape index (κ3) is 4.95. The Morgan fingerprint density at radius 1 is 1.13 bits per heavy atom. The van der Waals surface area contributed by atoms with Gasteiger partial charge >= 0.3 is 0 Å². The van der Waals surface area contributed by atoms with Gasteiger partial charge in [-0.2, -0.15) is 4.31 Å². The van der Waals surface area contributed by atoms with Gasteiger partial charge in [-0.1, -0.05) is 26.0 Å². The van der Waals surface area contributed by atoms with Gasteiger partial charge in [-0.05, 0) is 36.8 Å². The lowest BCUT2D eigenvalue weighted by atomic mass is 10.1. The Morgan fingerprint density at radius 3 is 2.23 bits per heavy atom. The smallest absolute Gasteiger partial charge is 0.293 e. The van der Waals surface area contributed by atoms with Gasteiger partial charge in [-0.15, -0.1) is 0 Å². The maximum atomic E-state index is 12.6. The van der Waals surface area contributed by atoms with E-state index >= 15 is 0 Å². The van der Waals surface area contributed by atoms with Crippen molar-refractivity contribution in [3.8, 4) is 0 Å². The van der Waals surface area contributed by atoms with Gasteiger partial charge in [0.05, 0.1) is 15.9 Å².